The van der Waals surface area contributed by atoms with E-state index in [0.717, 1.165) is 167 Å². The molecule has 69 heavy (non-hydrogen) atoms. The topological polar surface area (TPSA) is 78.9 Å². The average molecular weight is 956 g/mol. The summed E-state index contributed by atoms with van der Waals surface area (Å²) in [4.78, 5) is 38.1. The molecule has 6 heteroatoms. The minimum absolute atomic E-state index is 0.0990. The molecule has 0 aromatic heterocycles. The zero-order valence-electron chi connectivity index (χ0n) is 44.5. The van der Waals surface area contributed by atoms with E-state index >= 15 is 0 Å². The molecule has 0 fully saturated rings. The Kier molecular flexibility index (Phi) is 53.0. The van der Waals surface area contributed by atoms with E-state index in [0.29, 0.717) is 19.3 Å². The summed E-state index contributed by atoms with van der Waals surface area (Å²) in [6.45, 7) is 6.31. The zero-order valence-corrected chi connectivity index (χ0v) is 44.5. The van der Waals surface area contributed by atoms with E-state index in [1.54, 1.807) is 0 Å². The minimum Gasteiger partial charge on any atom is -0.462 e. The van der Waals surface area contributed by atoms with Gasteiger partial charge >= 0.3 is 17.9 Å². The van der Waals surface area contributed by atoms with Gasteiger partial charge in [-0.1, -0.05) is 219 Å². The van der Waals surface area contributed by atoms with Gasteiger partial charge in [-0.05, 0) is 122 Å². The van der Waals surface area contributed by atoms with Gasteiger partial charge in [-0.25, -0.2) is 0 Å². The van der Waals surface area contributed by atoms with Crippen molar-refractivity contribution < 1.29 is 28.6 Å². The van der Waals surface area contributed by atoms with Gasteiger partial charge in [-0.15, -0.1) is 0 Å². The minimum atomic E-state index is -0.801. The Bertz CT molecular complexity index is 1470. The number of esters is 3. The van der Waals surface area contributed by atoms with Gasteiger partial charge in [0.25, 0.3) is 0 Å². The maximum absolute atomic E-state index is 12.8. The van der Waals surface area contributed by atoms with Crippen molar-refractivity contribution in [2.24, 2.45) is 0 Å². The number of carbonyl (C=O) groups is 3. The van der Waals surface area contributed by atoms with Crippen LogP contribution in [0.5, 0.6) is 0 Å². The summed E-state index contributed by atoms with van der Waals surface area (Å²) < 4.78 is 16.8. The molecule has 0 aliphatic rings. The van der Waals surface area contributed by atoms with Gasteiger partial charge in [0.2, 0.25) is 0 Å². The highest BCUT2D eigenvalue weighted by Crippen LogP contribution is 2.14. The monoisotopic (exact) mass is 955 g/mol. The molecular formula is C63H102O6. The van der Waals surface area contributed by atoms with E-state index in [1.165, 1.54) is 32.1 Å². The molecule has 0 bridgehead atoms. The lowest BCUT2D eigenvalue weighted by molar-refractivity contribution is -0.167. The van der Waals surface area contributed by atoms with Gasteiger partial charge in [-0.2, -0.15) is 0 Å². The molecule has 0 radical (unpaired) electrons. The first kappa shape index (κ1) is 64.8. The molecule has 6 nitrogen and oxygen atoms in total. The fourth-order valence-corrected chi connectivity index (χ4v) is 7.28. The van der Waals surface area contributed by atoms with Crippen LogP contribution in [0, 0.1) is 0 Å². The van der Waals surface area contributed by atoms with Crippen LogP contribution in [0.3, 0.4) is 0 Å². The highest BCUT2D eigenvalue weighted by molar-refractivity contribution is 5.71. The molecule has 0 N–H and O–H groups in total. The van der Waals surface area contributed by atoms with E-state index in [4.69, 9.17) is 14.2 Å². The third-order valence-corrected chi connectivity index (χ3v) is 11.4. The molecule has 0 aromatic carbocycles. The van der Waals surface area contributed by atoms with Crippen molar-refractivity contribution in [3.63, 3.8) is 0 Å². The Balaban J connectivity index is 4.45. The summed E-state index contributed by atoms with van der Waals surface area (Å²) in [6.07, 6.45) is 77.5. The van der Waals surface area contributed by atoms with Crippen LogP contribution in [0.1, 0.15) is 239 Å². The summed E-state index contributed by atoms with van der Waals surface area (Å²) in [7, 11) is 0. The van der Waals surface area contributed by atoms with Crippen LogP contribution in [-0.2, 0) is 28.6 Å². The lowest BCUT2D eigenvalue weighted by atomic mass is 10.1. The molecule has 0 saturated heterocycles. The maximum atomic E-state index is 12.8. The molecule has 1 unspecified atom stereocenters. The Morgan fingerprint density at radius 3 is 0.884 bits per heavy atom. The zero-order chi connectivity index (χ0) is 50.0. The Labute approximate surface area is 424 Å². The van der Waals surface area contributed by atoms with Gasteiger partial charge < -0.3 is 14.2 Å². The van der Waals surface area contributed by atoms with Crippen molar-refractivity contribution in [1.82, 2.24) is 0 Å². The predicted molar refractivity (Wildman–Crippen MR) is 297 cm³/mol. The van der Waals surface area contributed by atoms with E-state index in [2.05, 4.69) is 142 Å². The van der Waals surface area contributed by atoms with Crippen molar-refractivity contribution in [3.8, 4) is 0 Å². The van der Waals surface area contributed by atoms with Crippen LogP contribution in [0.15, 0.2) is 122 Å². The lowest BCUT2D eigenvalue weighted by Crippen LogP contribution is -2.30. The van der Waals surface area contributed by atoms with Gasteiger partial charge in [0.05, 0.1) is 0 Å². The smallest absolute Gasteiger partial charge is 0.306 e. The SMILES string of the molecule is CC/C=C\C/C=C\C/C=C\C/C=C\C/C=C\CCCCCCCC(=O)OCC(COC(=O)CCCCCCC/C=C\C/C=C\CCC)OC(=O)CCCCCCCCC/C=C\C/C=C\C/C=C\CC. The van der Waals surface area contributed by atoms with Crippen molar-refractivity contribution in [3.05, 3.63) is 122 Å². The van der Waals surface area contributed by atoms with Gasteiger partial charge in [0, 0.05) is 19.3 Å². The van der Waals surface area contributed by atoms with E-state index in [-0.39, 0.29) is 31.1 Å². The Morgan fingerprint density at radius 1 is 0.304 bits per heavy atom. The van der Waals surface area contributed by atoms with Crippen molar-refractivity contribution in [2.75, 3.05) is 13.2 Å². The van der Waals surface area contributed by atoms with Crippen LogP contribution in [0.2, 0.25) is 0 Å². The molecule has 0 saturated carbocycles. The summed E-state index contributed by atoms with van der Waals surface area (Å²) >= 11 is 0. The summed E-state index contributed by atoms with van der Waals surface area (Å²) in [6, 6.07) is 0. The summed E-state index contributed by atoms with van der Waals surface area (Å²) in [5.74, 6) is -0.944. The Hall–Kier alpha value is -4.19. The largest absolute Gasteiger partial charge is 0.462 e. The van der Waals surface area contributed by atoms with Crippen molar-refractivity contribution in [2.45, 2.75) is 245 Å². The first-order valence-electron chi connectivity index (χ1n) is 28.0. The van der Waals surface area contributed by atoms with E-state index < -0.39 is 6.10 Å². The third kappa shape index (κ3) is 54.6. The molecule has 0 amide bonds. The summed E-state index contributed by atoms with van der Waals surface area (Å²) in [5, 5.41) is 0. The van der Waals surface area contributed by atoms with Gasteiger partial charge in [0.15, 0.2) is 6.10 Å². The number of ether oxygens (including phenoxy) is 3. The van der Waals surface area contributed by atoms with Crippen LogP contribution in [0.4, 0.5) is 0 Å². The molecule has 0 aliphatic carbocycles. The van der Waals surface area contributed by atoms with Crippen LogP contribution >= 0.6 is 0 Å². The number of unbranched alkanes of at least 4 members (excludes halogenated alkanes) is 18. The van der Waals surface area contributed by atoms with Crippen LogP contribution in [-0.4, -0.2) is 37.2 Å². The number of carbonyl (C=O) groups excluding carboxylic acids is 3. The van der Waals surface area contributed by atoms with Crippen molar-refractivity contribution in [1.29, 1.82) is 0 Å². The summed E-state index contributed by atoms with van der Waals surface area (Å²) in [5.41, 5.74) is 0. The molecule has 0 spiro atoms. The van der Waals surface area contributed by atoms with E-state index in [9.17, 15) is 14.4 Å². The highest BCUT2D eigenvalue weighted by Gasteiger charge is 2.19. The molecule has 390 valence electrons. The second-order valence-electron chi connectivity index (χ2n) is 18.1. The number of hydrogen-bond donors (Lipinski definition) is 0. The Morgan fingerprint density at radius 2 is 0.565 bits per heavy atom. The maximum Gasteiger partial charge on any atom is 0.306 e. The molecule has 0 aromatic rings. The number of rotatable bonds is 49. The first-order chi connectivity index (χ1) is 34.0. The van der Waals surface area contributed by atoms with Crippen LogP contribution < -0.4 is 0 Å². The van der Waals surface area contributed by atoms with Gasteiger partial charge in [0.1, 0.15) is 13.2 Å². The van der Waals surface area contributed by atoms with Gasteiger partial charge in [-0.3, -0.25) is 14.4 Å². The normalized spacial score (nSPS) is 13.0. The first-order valence-corrected chi connectivity index (χ1v) is 28.0. The van der Waals surface area contributed by atoms with E-state index in [1.807, 2.05) is 0 Å². The molecule has 0 aliphatic heterocycles. The standard InChI is InChI=1S/C63H102O6/c1-4-7-10-13-16-19-22-25-27-29-30-31-32-34-35-38-41-44-47-50-53-56-62(65)68-59-60(58-67-61(64)55-52-49-46-43-40-37-24-21-18-15-12-9-6-3)69-63(66)57-54-51-48-45-42-39-36-33-28-26-23-20-17-14-11-8-5-2/h7-8,10-12,15-17,19-21,24-28,30-31,34-35,60H,4-6,9,13-14,18,22-23,29,32-33,36-59H2,1-3H3/b10-7-,11-8-,15-12-,19-16-,20-17-,24-21-,27-25-,28-26-,31-30-,35-34-. The van der Waals surface area contributed by atoms with Crippen molar-refractivity contribution >= 4 is 17.9 Å². The fraction of sp³-hybridized carbons (Fsp3) is 0.635. The molecule has 0 heterocycles. The average Bonchev–Trinajstić information content (AvgIpc) is 3.35. The number of hydrogen-bond acceptors (Lipinski definition) is 6. The third-order valence-electron chi connectivity index (χ3n) is 11.4. The molecule has 0 rings (SSSR count). The molecular weight excluding hydrogens is 853 g/mol. The fourth-order valence-electron chi connectivity index (χ4n) is 7.28. The second kappa shape index (κ2) is 56.4. The lowest BCUT2D eigenvalue weighted by Gasteiger charge is -2.18. The highest BCUT2D eigenvalue weighted by atomic mass is 16.6. The molecule has 1 atom stereocenters. The quantitative estimate of drug-likeness (QED) is 0.0262. The number of allylic oxidation sites excluding steroid dienone is 20. The second-order valence-corrected chi connectivity index (χ2v) is 18.1. The predicted octanol–water partition coefficient (Wildman–Crippen LogP) is 18.9. The van der Waals surface area contributed by atoms with Crippen LogP contribution in [0.25, 0.3) is 0 Å².